The Morgan fingerprint density at radius 3 is 2.63 bits per heavy atom. The van der Waals surface area contributed by atoms with Gasteiger partial charge in [-0.05, 0) is 30.3 Å². The van der Waals surface area contributed by atoms with Crippen molar-refractivity contribution in [2.24, 2.45) is 0 Å². The van der Waals surface area contributed by atoms with E-state index >= 15 is 0 Å². The highest BCUT2D eigenvalue weighted by Crippen LogP contribution is 2.11. The smallest absolute Gasteiger partial charge is 0.341 e. The maximum absolute atomic E-state index is 11.4. The highest BCUT2D eigenvalue weighted by Gasteiger charge is 2.07. The summed E-state index contributed by atoms with van der Waals surface area (Å²) in [6.45, 7) is 0.388. The monoisotopic (exact) mass is 257 g/mol. The number of nitriles is 1. The van der Waals surface area contributed by atoms with Crippen LogP contribution >= 0.6 is 0 Å². The number of carbonyl (C=O) groups excluding carboxylic acids is 1. The lowest BCUT2D eigenvalue weighted by atomic mass is 10.2. The van der Waals surface area contributed by atoms with Crippen molar-refractivity contribution in [1.29, 1.82) is 5.26 Å². The highest BCUT2D eigenvalue weighted by atomic mass is 16.6. The van der Waals surface area contributed by atoms with Crippen LogP contribution in [0.1, 0.15) is 15.9 Å². The molecule has 0 saturated carbocycles. The quantitative estimate of drug-likeness (QED) is 0.607. The Bertz CT molecular complexity index is 566. The predicted octanol–water partition coefficient (Wildman–Crippen LogP) is 2.39. The fourth-order valence-corrected chi connectivity index (χ4v) is 1.38. The lowest BCUT2D eigenvalue weighted by Crippen LogP contribution is -2.11. The van der Waals surface area contributed by atoms with E-state index in [1.54, 1.807) is 24.3 Å². The molecule has 5 nitrogen and oxygen atoms in total. The summed E-state index contributed by atoms with van der Waals surface area (Å²) in [4.78, 5) is 11.4. The van der Waals surface area contributed by atoms with Crippen molar-refractivity contribution < 1.29 is 18.7 Å². The van der Waals surface area contributed by atoms with Crippen molar-refractivity contribution in [2.75, 3.05) is 13.2 Å². The fraction of sp³-hybridized carbons (Fsp3) is 0.143. The number of hydrogen-bond donors (Lipinski definition) is 0. The summed E-state index contributed by atoms with van der Waals surface area (Å²) in [5.41, 5.74) is 0.942. The van der Waals surface area contributed by atoms with Crippen molar-refractivity contribution in [3.8, 4) is 11.8 Å². The van der Waals surface area contributed by atoms with Crippen molar-refractivity contribution in [3.63, 3.8) is 0 Å². The number of esters is 1. The summed E-state index contributed by atoms with van der Waals surface area (Å²) in [5.74, 6) is 0.176. The standard InChI is InChI=1S/C14H11NO4/c15-9-11-1-3-13(4-2-11)18-7-8-19-14(16)12-5-6-17-10-12/h1-6,10H,7-8H2. The van der Waals surface area contributed by atoms with E-state index < -0.39 is 5.97 Å². The summed E-state index contributed by atoms with van der Waals surface area (Å²) in [5, 5.41) is 8.64. The molecule has 19 heavy (non-hydrogen) atoms. The van der Waals surface area contributed by atoms with Gasteiger partial charge in [-0.1, -0.05) is 0 Å². The third kappa shape index (κ3) is 3.61. The van der Waals surface area contributed by atoms with Crippen molar-refractivity contribution in [1.82, 2.24) is 0 Å². The Balaban J connectivity index is 1.72. The molecule has 96 valence electrons. The third-order valence-corrected chi connectivity index (χ3v) is 2.33. The Kier molecular flexibility index (Phi) is 4.19. The molecule has 1 aromatic carbocycles. The minimum atomic E-state index is -0.447. The van der Waals surface area contributed by atoms with Crippen LogP contribution in [0.2, 0.25) is 0 Å². The fourth-order valence-electron chi connectivity index (χ4n) is 1.38. The van der Waals surface area contributed by atoms with E-state index in [1.165, 1.54) is 18.6 Å². The zero-order valence-corrected chi connectivity index (χ0v) is 10.0. The molecule has 2 aromatic rings. The Hall–Kier alpha value is -2.74. The first-order valence-electron chi connectivity index (χ1n) is 5.62. The summed E-state index contributed by atoms with van der Waals surface area (Å²) < 4.78 is 15.1. The van der Waals surface area contributed by atoms with Gasteiger partial charge in [0.15, 0.2) is 0 Å². The Morgan fingerprint density at radius 2 is 2.00 bits per heavy atom. The molecule has 0 radical (unpaired) electrons. The maximum atomic E-state index is 11.4. The van der Waals surface area contributed by atoms with Gasteiger partial charge >= 0.3 is 5.97 Å². The number of furan rings is 1. The molecule has 0 saturated heterocycles. The van der Waals surface area contributed by atoms with Gasteiger partial charge in [0.25, 0.3) is 0 Å². The van der Waals surface area contributed by atoms with Gasteiger partial charge in [-0.25, -0.2) is 4.79 Å². The lowest BCUT2D eigenvalue weighted by molar-refractivity contribution is 0.0449. The predicted molar refractivity (Wildman–Crippen MR) is 65.6 cm³/mol. The van der Waals surface area contributed by atoms with Gasteiger partial charge in [0, 0.05) is 0 Å². The zero-order valence-electron chi connectivity index (χ0n) is 10.0. The molecule has 0 N–H and O–H groups in total. The largest absolute Gasteiger partial charge is 0.490 e. The van der Waals surface area contributed by atoms with Crippen LogP contribution in [0.5, 0.6) is 5.75 Å². The number of ether oxygens (including phenoxy) is 2. The number of benzene rings is 1. The maximum Gasteiger partial charge on any atom is 0.341 e. The summed E-state index contributed by atoms with van der Waals surface area (Å²) in [7, 11) is 0. The topological polar surface area (TPSA) is 72.5 Å². The molecule has 0 unspecified atom stereocenters. The molecule has 2 rings (SSSR count). The Labute approximate surface area is 110 Å². The molecule has 0 atom stereocenters. The number of hydrogen-bond acceptors (Lipinski definition) is 5. The molecular weight excluding hydrogens is 246 g/mol. The first-order valence-corrected chi connectivity index (χ1v) is 5.62. The summed E-state index contributed by atoms with van der Waals surface area (Å²) >= 11 is 0. The average Bonchev–Trinajstić information content (AvgIpc) is 2.98. The third-order valence-electron chi connectivity index (χ3n) is 2.33. The minimum absolute atomic E-state index is 0.143. The second-order valence-electron chi connectivity index (χ2n) is 3.63. The number of carbonyl (C=O) groups is 1. The summed E-state index contributed by atoms with van der Waals surface area (Å²) in [6.07, 6.45) is 2.73. The van der Waals surface area contributed by atoms with Crippen LogP contribution in [0.15, 0.2) is 47.3 Å². The van der Waals surface area contributed by atoms with Crippen molar-refractivity contribution in [2.45, 2.75) is 0 Å². The van der Waals surface area contributed by atoms with Crippen LogP contribution in [0.4, 0.5) is 0 Å². The van der Waals surface area contributed by atoms with E-state index in [1.807, 2.05) is 6.07 Å². The normalized spacial score (nSPS) is 9.63. The summed E-state index contributed by atoms with van der Waals surface area (Å²) in [6, 6.07) is 10.3. The van der Waals surface area contributed by atoms with Crippen molar-refractivity contribution >= 4 is 5.97 Å². The zero-order chi connectivity index (χ0) is 13.5. The number of nitrogens with zero attached hydrogens (tertiary/aromatic N) is 1. The van der Waals surface area contributed by atoms with Gasteiger partial charge in [0.2, 0.25) is 0 Å². The first-order chi connectivity index (χ1) is 9.29. The molecular formula is C14H11NO4. The molecule has 0 aliphatic rings. The van der Waals surface area contributed by atoms with Crippen molar-refractivity contribution in [3.05, 3.63) is 54.0 Å². The SMILES string of the molecule is N#Cc1ccc(OCCOC(=O)c2ccoc2)cc1. The van der Waals surface area contributed by atoms with E-state index in [0.717, 1.165) is 0 Å². The highest BCUT2D eigenvalue weighted by molar-refractivity contribution is 5.88. The van der Waals surface area contributed by atoms with E-state index in [2.05, 4.69) is 0 Å². The van der Waals surface area contributed by atoms with Gasteiger partial charge in [0.05, 0.1) is 23.5 Å². The van der Waals surface area contributed by atoms with Gasteiger partial charge in [-0.3, -0.25) is 0 Å². The second kappa shape index (κ2) is 6.26. The Morgan fingerprint density at radius 1 is 1.21 bits per heavy atom. The molecule has 0 aliphatic heterocycles. The molecule has 0 spiro atoms. The van der Waals surface area contributed by atoms with Crippen LogP contribution in [-0.2, 0) is 4.74 Å². The average molecular weight is 257 g/mol. The first kappa shape index (κ1) is 12.7. The van der Waals surface area contributed by atoms with Gasteiger partial charge in [-0.2, -0.15) is 5.26 Å². The lowest BCUT2D eigenvalue weighted by Gasteiger charge is -2.06. The van der Waals surface area contributed by atoms with Crippen LogP contribution in [0, 0.1) is 11.3 Å². The molecule has 5 heteroatoms. The second-order valence-corrected chi connectivity index (χ2v) is 3.63. The molecule has 0 amide bonds. The van der Waals surface area contributed by atoms with Crippen LogP contribution in [0.25, 0.3) is 0 Å². The molecule has 0 bridgehead atoms. The van der Waals surface area contributed by atoms with E-state index in [9.17, 15) is 4.79 Å². The van der Waals surface area contributed by atoms with E-state index in [0.29, 0.717) is 16.9 Å². The molecule has 0 aliphatic carbocycles. The number of rotatable bonds is 5. The van der Waals surface area contributed by atoms with Crippen LogP contribution in [-0.4, -0.2) is 19.2 Å². The van der Waals surface area contributed by atoms with Gasteiger partial charge < -0.3 is 13.9 Å². The van der Waals surface area contributed by atoms with Gasteiger partial charge in [0.1, 0.15) is 25.2 Å². The molecule has 1 aromatic heterocycles. The van der Waals surface area contributed by atoms with Gasteiger partial charge in [-0.15, -0.1) is 0 Å². The van der Waals surface area contributed by atoms with E-state index in [-0.39, 0.29) is 13.2 Å². The molecule has 1 heterocycles. The van der Waals surface area contributed by atoms with E-state index in [4.69, 9.17) is 19.2 Å². The minimum Gasteiger partial charge on any atom is -0.490 e. The van der Waals surface area contributed by atoms with Crippen LogP contribution < -0.4 is 4.74 Å². The molecule has 0 fully saturated rings. The van der Waals surface area contributed by atoms with Crippen LogP contribution in [0.3, 0.4) is 0 Å².